The zero-order valence-electron chi connectivity index (χ0n) is 16.8. The van der Waals surface area contributed by atoms with Gasteiger partial charge in [0, 0.05) is 24.0 Å². The van der Waals surface area contributed by atoms with Gasteiger partial charge in [0.15, 0.2) is 0 Å². The number of aliphatic imine (C=N–C) groups is 1. The van der Waals surface area contributed by atoms with Crippen LogP contribution < -0.4 is 4.90 Å². The summed E-state index contributed by atoms with van der Waals surface area (Å²) in [6.45, 7) is 12.0. The molecule has 0 saturated heterocycles. The summed E-state index contributed by atoms with van der Waals surface area (Å²) < 4.78 is 0. The molecule has 27 heavy (non-hydrogen) atoms. The largest absolute Gasteiger partial charge is 0.478 e. The summed E-state index contributed by atoms with van der Waals surface area (Å²) in [5.41, 5.74) is 5.87. The predicted molar refractivity (Wildman–Crippen MR) is 112 cm³/mol. The van der Waals surface area contributed by atoms with Crippen LogP contribution in [0, 0.1) is 6.92 Å². The van der Waals surface area contributed by atoms with Gasteiger partial charge in [-0.05, 0) is 87.1 Å². The average molecular weight is 364 g/mol. The molecule has 0 spiro atoms. The van der Waals surface area contributed by atoms with Gasteiger partial charge in [-0.2, -0.15) is 0 Å². The van der Waals surface area contributed by atoms with Crippen molar-refractivity contribution in [1.82, 2.24) is 0 Å². The van der Waals surface area contributed by atoms with Crippen LogP contribution in [0.25, 0.3) is 0 Å². The standard InChI is InChI=1S/C23H28N2O2/c1-6-25-21-10-7-17(12-19(21)16(3)13-23(25,4)5)14-24-20-9-8-18(22(26)27)11-15(20)2/h7-12,14,16H,6,13H2,1-5H3,(H,26,27). The van der Waals surface area contributed by atoms with E-state index in [1.165, 1.54) is 11.3 Å². The molecule has 0 fully saturated rings. The fourth-order valence-electron chi connectivity index (χ4n) is 4.27. The molecule has 0 aliphatic carbocycles. The lowest BCUT2D eigenvalue weighted by atomic mass is 9.79. The maximum absolute atomic E-state index is 11.1. The molecule has 4 heteroatoms. The summed E-state index contributed by atoms with van der Waals surface area (Å²) in [4.78, 5) is 18.1. The third-order valence-corrected chi connectivity index (χ3v) is 5.52. The van der Waals surface area contributed by atoms with Gasteiger partial charge in [-0.15, -0.1) is 0 Å². The molecular formula is C23H28N2O2. The Hall–Kier alpha value is -2.62. The van der Waals surface area contributed by atoms with Crippen LogP contribution in [-0.4, -0.2) is 29.4 Å². The van der Waals surface area contributed by atoms with E-state index >= 15 is 0 Å². The Bertz CT molecular complexity index is 899. The van der Waals surface area contributed by atoms with E-state index in [2.05, 4.69) is 55.8 Å². The zero-order valence-corrected chi connectivity index (χ0v) is 16.8. The Kier molecular flexibility index (Phi) is 5.09. The van der Waals surface area contributed by atoms with Crippen molar-refractivity contribution in [3.63, 3.8) is 0 Å². The van der Waals surface area contributed by atoms with Crippen LogP contribution >= 0.6 is 0 Å². The molecule has 0 bridgehead atoms. The number of hydrogen-bond donors (Lipinski definition) is 1. The lowest BCUT2D eigenvalue weighted by Crippen LogP contribution is -2.48. The minimum atomic E-state index is -0.916. The maximum atomic E-state index is 11.1. The number of aryl methyl sites for hydroxylation is 1. The first kappa shape index (κ1) is 19.2. The lowest BCUT2D eigenvalue weighted by molar-refractivity contribution is 0.0697. The van der Waals surface area contributed by atoms with Gasteiger partial charge in [0.2, 0.25) is 0 Å². The van der Waals surface area contributed by atoms with Gasteiger partial charge < -0.3 is 10.0 Å². The van der Waals surface area contributed by atoms with Gasteiger partial charge in [-0.25, -0.2) is 4.79 Å². The van der Waals surface area contributed by atoms with Gasteiger partial charge in [-0.3, -0.25) is 4.99 Å². The summed E-state index contributed by atoms with van der Waals surface area (Å²) in [5, 5.41) is 9.08. The van der Waals surface area contributed by atoms with Gasteiger partial charge in [0.25, 0.3) is 0 Å². The monoisotopic (exact) mass is 364 g/mol. The van der Waals surface area contributed by atoms with Crippen LogP contribution in [0.4, 0.5) is 11.4 Å². The number of aromatic carboxylic acids is 1. The number of carboxylic acids is 1. The van der Waals surface area contributed by atoms with Crippen molar-refractivity contribution >= 4 is 23.6 Å². The second kappa shape index (κ2) is 7.18. The molecule has 2 aromatic carbocycles. The predicted octanol–water partition coefficient (Wildman–Crippen LogP) is 5.56. The normalized spacial score (nSPS) is 18.6. The topological polar surface area (TPSA) is 52.9 Å². The Morgan fingerprint density at radius 3 is 2.67 bits per heavy atom. The van der Waals surface area contributed by atoms with E-state index in [1.54, 1.807) is 18.2 Å². The highest BCUT2D eigenvalue weighted by molar-refractivity contribution is 5.89. The molecule has 0 aromatic heterocycles. The van der Waals surface area contributed by atoms with E-state index in [1.807, 2.05) is 13.1 Å². The molecule has 1 heterocycles. The maximum Gasteiger partial charge on any atom is 0.335 e. The first-order valence-electron chi connectivity index (χ1n) is 9.52. The number of rotatable bonds is 4. The van der Waals surface area contributed by atoms with Crippen molar-refractivity contribution in [2.45, 2.75) is 52.5 Å². The van der Waals surface area contributed by atoms with Crippen LogP contribution in [0.5, 0.6) is 0 Å². The zero-order chi connectivity index (χ0) is 19.8. The molecule has 0 saturated carbocycles. The van der Waals surface area contributed by atoms with Crippen LogP contribution in [0.1, 0.15) is 67.1 Å². The highest BCUT2D eigenvalue weighted by Gasteiger charge is 2.35. The highest BCUT2D eigenvalue weighted by atomic mass is 16.4. The van der Waals surface area contributed by atoms with Crippen molar-refractivity contribution in [3.05, 3.63) is 58.7 Å². The van der Waals surface area contributed by atoms with E-state index in [-0.39, 0.29) is 11.1 Å². The number of benzene rings is 2. The van der Waals surface area contributed by atoms with Crippen molar-refractivity contribution in [1.29, 1.82) is 0 Å². The SMILES string of the molecule is CCN1c2ccc(C=Nc3ccc(C(=O)O)cc3C)cc2C(C)CC1(C)C. The van der Waals surface area contributed by atoms with Crippen LogP contribution in [0.3, 0.4) is 0 Å². The van der Waals surface area contributed by atoms with Crippen molar-refractivity contribution in [2.75, 3.05) is 11.4 Å². The molecular weight excluding hydrogens is 336 g/mol. The molecule has 3 rings (SSSR count). The smallest absolute Gasteiger partial charge is 0.335 e. The van der Waals surface area contributed by atoms with Crippen molar-refractivity contribution in [3.8, 4) is 0 Å². The average Bonchev–Trinajstić information content (AvgIpc) is 2.60. The Balaban J connectivity index is 1.91. The van der Waals surface area contributed by atoms with Gasteiger partial charge >= 0.3 is 5.97 Å². The molecule has 1 atom stereocenters. The van der Waals surface area contributed by atoms with Crippen molar-refractivity contribution in [2.24, 2.45) is 4.99 Å². The quantitative estimate of drug-likeness (QED) is 0.723. The Morgan fingerprint density at radius 1 is 1.30 bits per heavy atom. The van der Waals surface area contributed by atoms with E-state index in [0.717, 1.165) is 29.8 Å². The number of anilines is 1. The lowest BCUT2D eigenvalue weighted by Gasteiger charge is -2.47. The second-order valence-electron chi connectivity index (χ2n) is 8.04. The summed E-state index contributed by atoms with van der Waals surface area (Å²) in [7, 11) is 0. The highest BCUT2D eigenvalue weighted by Crippen LogP contribution is 2.43. The number of carbonyl (C=O) groups is 1. The van der Waals surface area contributed by atoms with Gasteiger partial charge in [0.1, 0.15) is 0 Å². The minimum absolute atomic E-state index is 0.166. The first-order valence-corrected chi connectivity index (χ1v) is 9.52. The Morgan fingerprint density at radius 2 is 2.04 bits per heavy atom. The second-order valence-corrected chi connectivity index (χ2v) is 8.04. The number of fused-ring (bicyclic) bond motifs is 1. The molecule has 1 aliphatic rings. The molecule has 142 valence electrons. The summed E-state index contributed by atoms with van der Waals surface area (Å²) in [5.74, 6) is -0.413. The molecule has 0 radical (unpaired) electrons. The van der Waals surface area contributed by atoms with Crippen molar-refractivity contribution < 1.29 is 9.90 Å². The molecule has 4 nitrogen and oxygen atoms in total. The summed E-state index contributed by atoms with van der Waals surface area (Å²) in [6.07, 6.45) is 3.00. The molecule has 1 N–H and O–H groups in total. The molecule has 1 unspecified atom stereocenters. The van der Waals surface area contributed by atoms with E-state index in [0.29, 0.717) is 5.92 Å². The van der Waals surface area contributed by atoms with Crippen LogP contribution in [0.15, 0.2) is 41.4 Å². The molecule has 2 aromatic rings. The molecule has 0 amide bonds. The van der Waals surface area contributed by atoms with Crippen LogP contribution in [-0.2, 0) is 0 Å². The molecule has 1 aliphatic heterocycles. The summed E-state index contributed by atoms with van der Waals surface area (Å²) in [6, 6.07) is 11.6. The number of hydrogen-bond acceptors (Lipinski definition) is 3. The van der Waals surface area contributed by atoms with E-state index < -0.39 is 5.97 Å². The fourth-order valence-corrected chi connectivity index (χ4v) is 4.27. The number of carboxylic acid groups (broad SMARTS) is 1. The van der Waals surface area contributed by atoms with Gasteiger partial charge in [-0.1, -0.05) is 13.0 Å². The van der Waals surface area contributed by atoms with Crippen LogP contribution in [0.2, 0.25) is 0 Å². The van der Waals surface area contributed by atoms with E-state index in [9.17, 15) is 4.79 Å². The summed E-state index contributed by atoms with van der Waals surface area (Å²) >= 11 is 0. The Labute approximate surface area is 161 Å². The van der Waals surface area contributed by atoms with E-state index in [4.69, 9.17) is 5.11 Å². The third kappa shape index (κ3) is 3.75. The third-order valence-electron chi connectivity index (χ3n) is 5.52. The number of nitrogens with zero attached hydrogens (tertiary/aromatic N) is 2. The van der Waals surface area contributed by atoms with Gasteiger partial charge in [0.05, 0.1) is 11.3 Å². The fraction of sp³-hybridized carbons (Fsp3) is 0.391. The minimum Gasteiger partial charge on any atom is -0.478 e. The first-order chi connectivity index (χ1) is 12.7.